The summed E-state index contributed by atoms with van der Waals surface area (Å²) < 4.78 is 0. The Morgan fingerprint density at radius 3 is 1.78 bits per heavy atom. The van der Waals surface area contributed by atoms with E-state index in [0.29, 0.717) is 0 Å². The average Bonchev–Trinajstić information content (AvgIpc) is 2.64. The van der Waals surface area contributed by atoms with Crippen LogP contribution in [0.2, 0.25) is 0 Å². The van der Waals surface area contributed by atoms with E-state index in [1.54, 1.807) is 12.4 Å². The van der Waals surface area contributed by atoms with Gasteiger partial charge in [-0.15, -0.1) is 0 Å². The predicted molar refractivity (Wildman–Crippen MR) is 94.9 cm³/mol. The van der Waals surface area contributed by atoms with E-state index in [0.717, 1.165) is 28.1 Å². The molecule has 3 nitrogen and oxygen atoms in total. The highest BCUT2D eigenvalue weighted by molar-refractivity contribution is 6.12. The number of hydrogen-bond acceptors (Lipinski definition) is 3. The Morgan fingerprint density at radius 1 is 0.739 bits per heavy atom. The molecule has 1 N–H and O–H groups in total. The van der Waals surface area contributed by atoms with Crippen molar-refractivity contribution in [2.24, 2.45) is 5.10 Å². The molecule has 2 aromatic carbocycles. The molecule has 0 saturated carbocycles. The Morgan fingerprint density at radius 2 is 1.26 bits per heavy atom. The van der Waals surface area contributed by atoms with E-state index in [9.17, 15) is 0 Å². The van der Waals surface area contributed by atoms with Crippen LogP contribution < -0.4 is 5.43 Å². The van der Waals surface area contributed by atoms with E-state index >= 15 is 0 Å². The van der Waals surface area contributed by atoms with Crippen LogP contribution in [0.3, 0.4) is 0 Å². The maximum absolute atomic E-state index is 4.59. The number of nitrogens with one attached hydrogen (secondary N) is 1. The highest BCUT2D eigenvalue weighted by Crippen LogP contribution is 2.12. The highest BCUT2D eigenvalue weighted by atomic mass is 15.3. The predicted octanol–water partition coefficient (Wildman–Crippen LogP) is 4.09. The number of hydrazone groups is 1. The van der Waals surface area contributed by atoms with Crippen LogP contribution in [0, 0.1) is 0 Å². The van der Waals surface area contributed by atoms with Crippen LogP contribution in [0.25, 0.3) is 5.70 Å². The maximum Gasteiger partial charge on any atom is 0.0977 e. The SMILES string of the molecule is C=C(NN=C(c1ccccc1)c1ccccc1)c1ccncc1. The van der Waals surface area contributed by atoms with Crippen LogP contribution in [-0.4, -0.2) is 10.7 Å². The van der Waals surface area contributed by atoms with Gasteiger partial charge in [0.2, 0.25) is 0 Å². The van der Waals surface area contributed by atoms with Gasteiger partial charge in [0.25, 0.3) is 0 Å². The molecule has 1 aromatic heterocycles. The van der Waals surface area contributed by atoms with E-state index < -0.39 is 0 Å². The van der Waals surface area contributed by atoms with Crippen LogP contribution >= 0.6 is 0 Å². The number of nitrogens with zero attached hydrogens (tertiary/aromatic N) is 2. The van der Waals surface area contributed by atoms with Crippen molar-refractivity contribution in [3.63, 3.8) is 0 Å². The molecule has 112 valence electrons. The van der Waals surface area contributed by atoms with Gasteiger partial charge in [0, 0.05) is 29.1 Å². The monoisotopic (exact) mass is 299 g/mol. The van der Waals surface area contributed by atoms with Crippen LogP contribution in [-0.2, 0) is 0 Å². The summed E-state index contributed by atoms with van der Waals surface area (Å²) >= 11 is 0. The van der Waals surface area contributed by atoms with Crippen molar-refractivity contribution >= 4 is 11.4 Å². The largest absolute Gasteiger partial charge is 0.278 e. The minimum atomic E-state index is 0.733. The van der Waals surface area contributed by atoms with Crippen LogP contribution in [0.4, 0.5) is 0 Å². The molecule has 3 rings (SSSR count). The third-order valence-corrected chi connectivity index (χ3v) is 3.43. The smallest absolute Gasteiger partial charge is 0.0977 e. The fourth-order valence-corrected chi connectivity index (χ4v) is 2.23. The van der Waals surface area contributed by atoms with Gasteiger partial charge >= 0.3 is 0 Å². The normalized spacial score (nSPS) is 9.91. The number of benzene rings is 2. The first-order valence-corrected chi connectivity index (χ1v) is 7.38. The zero-order chi connectivity index (χ0) is 15.9. The molecule has 0 amide bonds. The first kappa shape index (κ1) is 14.7. The molecule has 0 saturated heterocycles. The fourth-order valence-electron chi connectivity index (χ4n) is 2.23. The maximum atomic E-state index is 4.59. The topological polar surface area (TPSA) is 37.3 Å². The molecule has 0 spiro atoms. The van der Waals surface area contributed by atoms with Crippen LogP contribution in [0.15, 0.2) is 96.9 Å². The van der Waals surface area contributed by atoms with Gasteiger partial charge in [-0.2, -0.15) is 5.10 Å². The zero-order valence-corrected chi connectivity index (χ0v) is 12.7. The lowest BCUT2D eigenvalue weighted by molar-refractivity contribution is 0.992. The Bertz CT molecular complexity index is 753. The first-order valence-electron chi connectivity index (χ1n) is 7.38. The molecule has 0 atom stereocenters. The van der Waals surface area contributed by atoms with Crippen molar-refractivity contribution in [2.75, 3.05) is 0 Å². The van der Waals surface area contributed by atoms with Gasteiger partial charge in [-0.25, -0.2) is 0 Å². The van der Waals surface area contributed by atoms with E-state index in [4.69, 9.17) is 0 Å². The molecule has 1 heterocycles. The summed E-state index contributed by atoms with van der Waals surface area (Å²) in [5.41, 5.74) is 7.73. The second-order valence-electron chi connectivity index (χ2n) is 5.02. The molecule has 0 fully saturated rings. The summed E-state index contributed by atoms with van der Waals surface area (Å²) in [6, 6.07) is 24.0. The summed E-state index contributed by atoms with van der Waals surface area (Å²) in [6.07, 6.45) is 3.47. The number of rotatable bonds is 5. The van der Waals surface area contributed by atoms with Gasteiger partial charge in [-0.3, -0.25) is 10.4 Å². The third-order valence-electron chi connectivity index (χ3n) is 3.43. The first-order chi connectivity index (χ1) is 11.3. The summed E-state index contributed by atoms with van der Waals surface area (Å²) in [5, 5.41) is 4.59. The molecular weight excluding hydrogens is 282 g/mol. The lowest BCUT2D eigenvalue weighted by Crippen LogP contribution is -2.11. The second-order valence-corrected chi connectivity index (χ2v) is 5.02. The van der Waals surface area contributed by atoms with Gasteiger partial charge in [-0.05, 0) is 12.1 Å². The fraction of sp³-hybridized carbons (Fsp3) is 0. The number of hydrogen-bond donors (Lipinski definition) is 1. The Labute approximate surface area is 136 Å². The van der Waals surface area contributed by atoms with Gasteiger partial charge in [0.15, 0.2) is 0 Å². The van der Waals surface area contributed by atoms with E-state index in [-0.39, 0.29) is 0 Å². The van der Waals surface area contributed by atoms with Crippen LogP contribution in [0.5, 0.6) is 0 Å². The standard InChI is InChI=1S/C20H17N3/c1-16(17-12-14-21-15-13-17)22-23-20(18-8-4-2-5-9-18)19-10-6-3-7-11-19/h2-15,22H,1H2. The Kier molecular flexibility index (Phi) is 4.60. The Hall–Kier alpha value is -3.20. The minimum absolute atomic E-state index is 0.733. The lowest BCUT2D eigenvalue weighted by atomic mass is 10.0. The molecule has 0 aliphatic carbocycles. The molecule has 0 bridgehead atoms. The Balaban J connectivity index is 1.91. The van der Waals surface area contributed by atoms with Gasteiger partial charge in [0.05, 0.1) is 11.4 Å². The van der Waals surface area contributed by atoms with Crippen LogP contribution in [0.1, 0.15) is 16.7 Å². The highest BCUT2D eigenvalue weighted by Gasteiger charge is 2.06. The lowest BCUT2D eigenvalue weighted by Gasteiger charge is -2.10. The van der Waals surface area contributed by atoms with Crippen molar-refractivity contribution in [1.29, 1.82) is 0 Å². The third kappa shape index (κ3) is 3.71. The number of aromatic nitrogens is 1. The van der Waals surface area contributed by atoms with Gasteiger partial charge in [0.1, 0.15) is 0 Å². The summed E-state index contributed by atoms with van der Waals surface area (Å²) in [6.45, 7) is 4.04. The van der Waals surface area contributed by atoms with E-state index in [1.807, 2.05) is 72.8 Å². The van der Waals surface area contributed by atoms with Crippen molar-refractivity contribution in [3.8, 4) is 0 Å². The van der Waals surface area contributed by atoms with Crippen molar-refractivity contribution in [1.82, 2.24) is 10.4 Å². The molecule has 0 aliphatic heterocycles. The zero-order valence-electron chi connectivity index (χ0n) is 12.7. The number of pyridine rings is 1. The quantitative estimate of drug-likeness (QED) is 0.569. The van der Waals surface area contributed by atoms with Gasteiger partial charge in [-0.1, -0.05) is 67.2 Å². The molecule has 23 heavy (non-hydrogen) atoms. The van der Waals surface area contributed by atoms with Crippen molar-refractivity contribution in [3.05, 3.63) is 108 Å². The molecular formula is C20H17N3. The summed E-state index contributed by atoms with van der Waals surface area (Å²) in [5.74, 6) is 0. The molecule has 0 unspecified atom stereocenters. The second kappa shape index (κ2) is 7.18. The van der Waals surface area contributed by atoms with E-state index in [2.05, 4.69) is 22.1 Å². The minimum Gasteiger partial charge on any atom is -0.278 e. The summed E-state index contributed by atoms with van der Waals surface area (Å²) in [4.78, 5) is 4.01. The average molecular weight is 299 g/mol. The van der Waals surface area contributed by atoms with Crippen molar-refractivity contribution < 1.29 is 0 Å². The van der Waals surface area contributed by atoms with Gasteiger partial charge < -0.3 is 0 Å². The molecule has 3 aromatic rings. The molecule has 0 radical (unpaired) electrons. The molecule has 3 heteroatoms. The van der Waals surface area contributed by atoms with Crippen molar-refractivity contribution in [2.45, 2.75) is 0 Å². The summed E-state index contributed by atoms with van der Waals surface area (Å²) in [7, 11) is 0. The molecule has 0 aliphatic rings. The van der Waals surface area contributed by atoms with E-state index in [1.165, 1.54) is 0 Å².